The van der Waals surface area contributed by atoms with E-state index < -0.39 is 5.97 Å². The maximum absolute atomic E-state index is 10.8. The van der Waals surface area contributed by atoms with Crippen LogP contribution in [-0.4, -0.2) is 22.5 Å². The molecule has 2 heterocycles. The van der Waals surface area contributed by atoms with E-state index in [4.69, 9.17) is 5.26 Å². The van der Waals surface area contributed by atoms with E-state index >= 15 is 0 Å². The van der Waals surface area contributed by atoms with Gasteiger partial charge in [-0.15, -0.1) is 0 Å². The van der Waals surface area contributed by atoms with Crippen LogP contribution in [0, 0.1) is 39.0 Å². The molecule has 0 saturated heterocycles. The molecule has 158 valence electrons. The number of hydrogen-bond donors (Lipinski definition) is 0. The van der Waals surface area contributed by atoms with E-state index in [1.54, 1.807) is 13.0 Å². The number of aromatic nitrogens is 2. The number of nitrogens with zero attached hydrogens (tertiary/aromatic N) is 3. The number of ether oxygens (including phenoxy) is 1. The van der Waals surface area contributed by atoms with Crippen LogP contribution in [0.25, 0.3) is 21.8 Å². The van der Waals surface area contributed by atoms with Crippen LogP contribution in [0.5, 0.6) is 0 Å². The van der Waals surface area contributed by atoms with Gasteiger partial charge in [0.15, 0.2) is 0 Å². The third kappa shape index (κ3) is 5.51. The van der Waals surface area contributed by atoms with Crippen molar-refractivity contribution in [3.8, 4) is 6.07 Å². The number of carbonyl (C=O) groups is 1. The van der Waals surface area contributed by atoms with Gasteiger partial charge in [-0.1, -0.05) is 12.1 Å². The molecule has 1 aromatic carbocycles. The summed E-state index contributed by atoms with van der Waals surface area (Å²) in [6.07, 6.45) is 3.88. The number of hydrogen-bond acceptors (Lipinski definition) is 7. The third-order valence-corrected chi connectivity index (χ3v) is 5.12. The van der Waals surface area contributed by atoms with Gasteiger partial charge >= 0.3 is 27.0 Å². The van der Waals surface area contributed by atoms with E-state index in [0.29, 0.717) is 0 Å². The number of aryl methyl sites for hydroxylation is 4. The summed E-state index contributed by atoms with van der Waals surface area (Å²) in [6.45, 7) is 10.3. The molecule has 0 amide bonds. The van der Waals surface area contributed by atoms with Crippen LogP contribution in [0.4, 0.5) is 0 Å². The van der Waals surface area contributed by atoms with Crippen molar-refractivity contribution >= 4 is 53.0 Å². The quantitative estimate of drug-likeness (QED) is 0.139. The Hall–Kier alpha value is -2.13. The van der Waals surface area contributed by atoms with Crippen LogP contribution >= 0.6 is 0 Å². The maximum atomic E-state index is 10.8. The zero-order valence-corrected chi connectivity index (χ0v) is 21.2. The molecule has 0 N–H and O–H groups in total. The molecule has 0 unspecified atom stereocenters. The molecule has 0 aliphatic carbocycles. The van der Waals surface area contributed by atoms with Gasteiger partial charge < -0.3 is 34.2 Å². The number of benzene rings is 1. The summed E-state index contributed by atoms with van der Waals surface area (Å²) in [5.74, 6) is -0.741. The van der Waals surface area contributed by atoms with Gasteiger partial charge in [0.2, 0.25) is 0 Å². The van der Waals surface area contributed by atoms with Crippen molar-refractivity contribution in [3.63, 3.8) is 0 Å². The smallest absolute Gasteiger partial charge is 0.806 e. The average molecular weight is 619 g/mol. The first kappa shape index (κ1) is 25.9. The summed E-state index contributed by atoms with van der Waals surface area (Å²) in [6, 6.07) is 5.92. The van der Waals surface area contributed by atoms with E-state index in [2.05, 4.69) is 79.8 Å². The van der Waals surface area contributed by atoms with E-state index in [-0.39, 0.29) is 37.5 Å². The Morgan fingerprint density at radius 3 is 1.77 bits per heavy atom. The van der Waals surface area contributed by atoms with Crippen molar-refractivity contribution in [2.24, 2.45) is 0 Å². The predicted octanol–water partition coefficient (Wildman–Crippen LogP) is 4.39. The fraction of sp³-hybridized carbons (Fsp3) is 0.273. The maximum Gasteiger partial charge on any atom is 2.00 e. The van der Waals surface area contributed by atoms with Gasteiger partial charge in [-0.2, -0.15) is 5.26 Å². The third-order valence-electron chi connectivity index (χ3n) is 4.71. The fourth-order valence-corrected chi connectivity index (χ4v) is 3.02. The number of esters is 1. The number of nitriles is 1. The standard InChI is InChI=1S/C16H16N2.C6H7NO2S2.Pt/c1-9-7-17-15-13(11(9)3)5-6-14-12(4)10(2)8-18-16(14)15;1-2-9-5(8)4(3-7)6(10)11;/h5-8H,1-4H3;10-11H,2H2,1H3;/q;;+2/p-2. The Morgan fingerprint density at radius 2 is 1.43 bits per heavy atom. The van der Waals surface area contributed by atoms with E-state index in [9.17, 15) is 4.79 Å². The van der Waals surface area contributed by atoms with Crippen molar-refractivity contribution in [2.75, 3.05) is 6.61 Å². The van der Waals surface area contributed by atoms with Gasteiger partial charge in [-0.25, -0.2) is 4.79 Å². The molecule has 0 spiro atoms. The van der Waals surface area contributed by atoms with E-state index in [0.717, 1.165) is 11.0 Å². The molecular formula is C22H21N3O2PtS2. The zero-order valence-electron chi connectivity index (χ0n) is 17.3. The molecule has 0 radical (unpaired) electrons. The van der Waals surface area contributed by atoms with Gasteiger partial charge in [-0.05, 0) is 56.9 Å². The summed E-state index contributed by atoms with van der Waals surface area (Å²) >= 11 is 8.92. The minimum absolute atomic E-state index is 0. The molecule has 0 aliphatic heterocycles. The first-order valence-corrected chi connectivity index (χ1v) is 9.80. The van der Waals surface area contributed by atoms with Crippen molar-refractivity contribution in [2.45, 2.75) is 34.6 Å². The van der Waals surface area contributed by atoms with Crippen LogP contribution in [0.3, 0.4) is 0 Å². The molecule has 0 aliphatic rings. The van der Waals surface area contributed by atoms with Gasteiger partial charge in [0.05, 0.1) is 23.2 Å². The molecule has 30 heavy (non-hydrogen) atoms. The second-order valence-electron chi connectivity index (χ2n) is 6.49. The summed E-state index contributed by atoms with van der Waals surface area (Å²) in [5.41, 5.74) is 6.80. The second kappa shape index (κ2) is 11.3. The minimum atomic E-state index is -0.741. The Bertz CT molecular complexity index is 1100. The molecule has 8 heteroatoms. The van der Waals surface area contributed by atoms with E-state index in [1.165, 1.54) is 33.0 Å². The predicted molar refractivity (Wildman–Crippen MR) is 120 cm³/mol. The first-order valence-electron chi connectivity index (χ1n) is 8.99. The van der Waals surface area contributed by atoms with E-state index in [1.807, 2.05) is 12.4 Å². The second-order valence-corrected chi connectivity index (χ2v) is 7.56. The molecule has 3 rings (SSSR count). The molecule has 0 bridgehead atoms. The largest absolute Gasteiger partial charge is 2.00 e. The molecular weight excluding hydrogens is 597 g/mol. The molecule has 5 nitrogen and oxygen atoms in total. The summed E-state index contributed by atoms with van der Waals surface area (Å²) in [4.78, 5) is 19.9. The molecule has 3 aromatic rings. The van der Waals surface area contributed by atoms with Crippen molar-refractivity contribution < 1.29 is 30.6 Å². The normalized spacial score (nSPS) is 9.73. The zero-order chi connectivity index (χ0) is 21.7. The van der Waals surface area contributed by atoms with Gasteiger partial charge in [0, 0.05) is 23.2 Å². The molecule has 2 aromatic heterocycles. The average Bonchev–Trinajstić information content (AvgIpc) is 2.68. The van der Waals surface area contributed by atoms with Crippen molar-refractivity contribution in [3.05, 3.63) is 56.6 Å². The van der Waals surface area contributed by atoms with Crippen LogP contribution in [0.15, 0.2) is 34.3 Å². The first-order chi connectivity index (χ1) is 13.7. The van der Waals surface area contributed by atoms with Gasteiger partial charge in [0.25, 0.3) is 0 Å². The molecule has 0 fully saturated rings. The number of pyridine rings is 2. The Morgan fingerprint density at radius 1 is 1.00 bits per heavy atom. The molecule has 0 saturated carbocycles. The van der Waals surface area contributed by atoms with Crippen molar-refractivity contribution in [1.82, 2.24) is 9.97 Å². The topological polar surface area (TPSA) is 75.9 Å². The van der Waals surface area contributed by atoms with Gasteiger partial charge in [-0.3, -0.25) is 9.97 Å². The number of rotatable bonds is 2. The van der Waals surface area contributed by atoms with Crippen molar-refractivity contribution in [1.29, 1.82) is 5.26 Å². The van der Waals surface area contributed by atoms with Crippen LogP contribution in [-0.2, 0) is 55.9 Å². The Balaban J connectivity index is 0.000000329. The minimum Gasteiger partial charge on any atom is -0.806 e. The number of fused-ring (bicyclic) bond motifs is 3. The Kier molecular flexibility index (Phi) is 9.77. The SMILES string of the molecule is CCOC(=O)C(C#N)=C([S-])[S-].Cc1cnc2c(ccc3c(C)c(C)cnc32)c1C.[Pt+2]. The summed E-state index contributed by atoms with van der Waals surface area (Å²) < 4.78 is 4.36. The van der Waals surface area contributed by atoms with Crippen LogP contribution < -0.4 is 0 Å². The van der Waals surface area contributed by atoms with Gasteiger partial charge in [0.1, 0.15) is 6.07 Å². The summed E-state index contributed by atoms with van der Waals surface area (Å²) in [5, 5.41) is 10.8. The monoisotopic (exact) mass is 618 g/mol. The van der Waals surface area contributed by atoms with Crippen LogP contribution in [0.2, 0.25) is 0 Å². The number of carbonyl (C=O) groups excluding carboxylic acids is 1. The fourth-order valence-electron chi connectivity index (χ4n) is 2.77. The summed E-state index contributed by atoms with van der Waals surface area (Å²) in [7, 11) is 0. The van der Waals surface area contributed by atoms with Crippen LogP contribution in [0.1, 0.15) is 29.2 Å². The molecule has 0 atom stereocenters. The Labute approximate surface area is 202 Å².